The van der Waals surface area contributed by atoms with Crippen molar-refractivity contribution in [2.75, 3.05) is 7.11 Å². The van der Waals surface area contributed by atoms with Crippen LogP contribution in [-0.4, -0.2) is 34.0 Å². The van der Waals surface area contributed by atoms with E-state index in [1.807, 2.05) is 12.1 Å². The molecular formula is C32H25BrF3N3O4S. The Labute approximate surface area is 260 Å². The van der Waals surface area contributed by atoms with Crippen LogP contribution in [0.25, 0.3) is 22.2 Å². The number of allylic oxidation sites excluding steroid dienone is 2. The summed E-state index contributed by atoms with van der Waals surface area (Å²) < 4.78 is 85.4. The first-order valence-corrected chi connectivity index (χ1v) is 15.7. The number of methoxy groups -OCH3 is 1. The Morgan fingerprint density at radius 2 is 1.75 bits per heavy atom. The lowest BCUT2D eigenvalue weighted by Gasteiger charge is -2.31. The molecule has 12 heteroatoms. The van der Waals surface area contributed by atoms with Gasteiger partial charge in [-0.15, -0.1) is 0 Å². The lowest BCUT2D eigenvalue weighted by Crippen LogP contribution is -2.42. The van der Waals surface area contributed by atoms with Crippen molar-refractivity contribution in [1.29, 1.82) is 0 Å². The van der Waals surface area contributed by atoms with Crippen LogP contribution in [0, 0.1) is 11.6 Å². The third kappa shape index (κ3) is 5.11. The zero-order chi connectivity index (χ0) is 31.2. The molecule has 1 aliphatic carbocycles. The van der Waals surface area contributed by atoms with Crippen LogP contribution in [-0.2, 0) is 16.6 Å². The first-order valence-electron chi connectivity index (χ1n) is 13.4. The van der Waals surface area contributed by atoms with E-state index in [9.17, 15) is 8.42 Å². The van der Waals surface area contributed by atoms with Gasteiger partial charge in [-0.25, -0.2) is 25.6 Å². The highest BCUT2D eigenvalue weighted by Gasteiger charge is 2.49. The van der Waals surface area contributed by atoms with Gasteiger partial charge < -0.3 is 9.47 Å². The highest BCUT2D eigenvalue weighted by molar-refractivity contribution is 9.12. The van der Waals surface area contributed by atoms with E-state index in [2.05, 4.69) is 21.0 Å². The van der Waals surface area contributed by atoms with E-state index < -0.39 is 43.7 Å². The number of rotatable bonds is 8. The Hall–Kier alpha value is -4.29. The molecule has 6 rings (SSSR count). The minimum Gasteiger partial charge on any atom is -0.497 e. The van der Waals surface area contributed by atoms with Gasteiger partial charge in [-0.2, -0.15) is 5.10 Å². The average Bonchev–Trinajstić information content (AvgIpc) is 3.62. The van der Waals surface area contributed by atoms with Gasteiger partial charge in [-0.1, -0.05) is 36.4 Å². The molecule has 0 amide bonds. The number of halogens is 4. The summed E-state index contributed by atoms with van der Waals surface area (Å²) >= 11 is 3.23. The molecule has 0 radical (unpaired) electrons. The fourth-order valence-corrected chi connectivity index (χ4v) is 7.15. The van der Waals surface area contributed by atoms with E-state index >= 15 is 13.2 Å². The molecule has 44 heavy (non-hydrogen) atoms. The molecule has 0 aliphatic heterocycles. The van der Waals surface area contributed by atoms with Crippen molar-refractivity contribution >= 4 is 36.9 Å². The molecule has 0 saturated carbocycles. The van der Waals surface area contributed by atoms with Gasteiger partial charge >= 0.3 is 0 Å². The van der Waals surface area contributed by atoms with E-state index in [-0.39, 0.29) is 28.7 Å². The Morgan fingerprint density at radius 1 is 1.00 bits per heavy atom. The second-order valence-electron chi connectivity index (χ2n) is 10.4. The fourth-order valence-electron chi connectivity index (χ4n) is 5.04. The van der Waals surface area contributed by atoms with Gasteiger partial charge in [-0.05, 0) is 77.3 Å². The van der Waals surface area contributed by atoms with Gasteiger partial charge in [0.15, 0.2) is 29.0 Å². The predicted octanol–water partition coefficient (Wildman–Crippen LogP) is 7.72. The molecule has 1 atom stereocenters. The highest BCUT2D eigenvalue weighted by Crippen LogP contribution is 2.44. The molecule has 5 aromatic rings. The maximum atomic E-state index is 16.3. The van der Waals surface area contributed by atoms with Crippen molar-refractivity contribution in [2.24, 2.45) is 0 Å². The number of aromatic nitrogens is 3. The van der Waals surface area contributed by atoms with Crippen molar-refractivity contribution in [1.82, 2.24) is 13.8 Å². The van der Waals surface area contributed by atoms with Gasteiger partial charge in [-0.3, -0.25) is 4.68 Å². The topological polar surface area (TPSA) is 75.3 Å². The zero-order valence-electron chi connectivity index (χ0n) is 23.5. The number of nitrogens with zero attached hydrogens (tertiary/aromatic N) is 3. The number of hydrogen-bond donors (Lipinski definition) is 0. The van der Waals surface area contributed by atoms with Crippen molar-refractivity contribution < 1.29 is 31.1 Å². The van der Waals surface area contributed by atoms with Crippen molar-refractivity contribution in [3.8, 4) is 22.8 Å². The van der Waals surface area contributed by atoms with Gasteiger partial charge in [0, 0.05) is 17.1 Å². The average molecular weight is 685 g/mol. The minimum atomic E-state index is -4.36. The van der Waals surface area contributed by atoms with Crippen LogP contribution >= 0.6 is 15.9 Å². The van der Waals surface area contributed by atoms with E-state index in [1.165, 1.54) is 42.2 Å². The molecule has 0 N–H and O–H groups in total. The number of benzene rings is 3. The summed E-state index contributed by atoms with van der Waals surface area (Å²) in [5, 5.41) is 4.99. The first kappa shape index (κ1) is 29.8. The predicted molar refractivity (Wildman–Crippen MR) is 165 cm³/mol. The molecule has 0 bridgehead atoms. The molecule has 1 unspecified atom stereocenters. The molecule has 0 fully saturated rings. The highest BCUT2D eigenvalue weighted by atomic mass is 79.9. The Morgan fingerprint density at radius 3 is 2.50 bits per heavy atom. The largest absolute Gasteiger partial charge is 0.497 e. The van der Waals surface area contributed by atoms with Crippen molar-refractivity contribution in [2.45, 2.75) is 24.6 Å². The number of fused-ring (bicyclic) bond motifs is 1. The summed E-state index contributed by atoms with van der Waals surface area (Å²) in [7, 11) is -2.80. The smallest absolute Gasteiger partial charge is 0.251 e. The fraction of sp³-hybridized carbons (Fsp3) is 0.156. The van der Waals surface area contributed by atoms with E-state index in [0.29, 0.717) is 16.7 Å². The summed E-state index contributed by atoms with van der Waals surface area (Å²) in [6.07, 6.45) is 3.84. The van der Waals surface area contributed by atoms with Crippen molar-refractivity contribution in [3.63, 3.8) is 0 Å². The molecule has 3 aromatic carbocycles. The Bertz CT molecular complexity index is 2070. The van der Waals surface area contributed by atoms with E-state index in [4.69, 9.17) is 9.47 Å². The Balaban J connectivity index is 1.33. The molecule has 1 aliphatic rings. The summed E-state index contributed by atoms with van der Waals surface area (Å²) in [6.45, 7) is 1.52. The van der Waals surface area contributed by atoms with Crippen LogP contribution in [0.3, 0.4) is 0 Å². The quantitative estimate of drug-likeness (QED) is 0.167. The van der Waals surface area contributed by atoms with E-state index in [1.54, 1.807) is 49.6 Å². The molecule has 2 aromatic heterocycles. The van der Waals surface area contributed by atoms with Gasteiger partial charge in [0.05, 0.1) is 29.9 Å². The van der Waals surface area contributed by atoms with E-state index in [0.717, 1.165) is 15.6 Å². The summed E-state index contributed by atoms with van der Waals surface area (Å²) in [4.78, 5) is 0. The molecule has 226 valence electrons. The number of ether oxygens (including phenoxy) is 2. The normalized spacial score (nSPS) is 17.2. The molecule has 7 nitrogen and oxygen atoms in total. The monoisotopic (exact) mass is 683 g/mol. The second kappa shape index (κ2) is 11.3. The Kier molecular flexibility index (Phi) is 7.66. The van der Waals surface area contributed by atoms with Crippen LogP contribution in [0.15, 0.2) is 107 Å². The molecule has 0 saturated heterocycles. The lowest BCUT2D eigenvalue weighted by atomic mass is 9.99. The molecule has 2 heterocycles. The van der Waals surface area contributed by atoms with Crippen LogP contribution in [0.4, 0.5) is 13.2 Å². The van der Waals surface area contributed by atoms with Crippen LogP contribution in [0.5, 0.6) is 11.5 Å². The number of para-hydroxylation sites is 1. The van der Waals surface area contributed by atoms with Crippen LogP contribution in [0.2, 0.25) is 0 Å². The van der Waals surface area contributed by atoms with Crippen molar-refractivity contribution in [3.05, 3.63) is 125 Å². The SMILES string of the molecule is COc1ccc(Cn2cc(F)c(-c3ccc(F)c(OC4=C(F)C(C)(S(=O)(=O)n5ccc6ccccc65)CC=C4Br)c3)n2)cc1. The summed E-state index contributed by atoms with van der Waals surface area (Å²) in [5.41, 5.74) is 1.36. The van der Waals surface area contributed by atoms with Gasteiger partial charge in [0.2, 0.25) is 0 Å². The van der Waals surface area contributed by atoms with Crippen LogP contribution < -0.4 is 9.47 Å². The third-order valence-electron chi connectivity index (χ3n) is 7.58. The standard InChI is InChI=1S/C32H25BrF3N3O4S/c1-32(44(40,41)39-16-14-21-5-3-4-6-27(21)39)15-13-24(33)30(31(32)36)43-28-17-22(9-12-25(28)34)29-26(35)19-38(37-29)18-20-7-10-23(42-2)11-8-20/h3-14,16-17,19H,15,18H2,1-2H3. The number of hydrogen-bond acceptors (Lipinski definition) is 5. The summed E-state index contributed by atoms with van der Waals surface area (Å²) in [5.74, 6) is -2.88. The maximum Gasteiger partial charge on any atom is 0.251 e. The van der Waals surface area contributed by atoms with Gasteiger partial charge in [0.25, 0.3) is 10.0 Å². The van der Waals surface area contributed by atoms with Gasteiger partial charge in [0.1, 0.15) is 16.2 Å². The second-order valence-corrected chi connectivity index (χ2v) is 13.5. The molecular weight excluding hydrogens is 659 g/mol. The van der Waals surface area contributed by atoms with Crippen LogP contribution in [0.1, 0.15) is 18.9 Å². The third-order valence-corrected chi connectivity index (χ3v) is 10.6. The lowest BCUT2D eigenvalue weighted by molar-refractivity contribution is 0.360. The zero-order valence-corrected chi connectivity index (χ0v) is 25.9. The molecule has 0 spiro atoms. The first-order chi connectivity index (χ1) is 21.0. The minimum absolute atomic E-state index is 0.0667. The summed E-state index contributed by atoms with van der Waals surface area (Å²) in [6, 6.07) is 19.2. The maximum absolute atomic E-state index is 16.3.